The van der Waals surface area contributed by atoms with Crippen molar-refractivity contribution in [2.24, 2.45) is 0 Å². The molecule has 4 saturated heterocycles. The Labute approximate surface area is 579 Å². The summed E-state index contributed by atoms with van der Waals surface area (Å²) in [6.07, 6.45) is -0.539. The summed E-state index contributed by atoms with van der Waals surface area (Å²) in [5, 5.41) is 93.5. The minimum atomic E-state index is -1.71. The van der Waals surface area contributed by atoms with Gasteiger partial charge in [0.2, 0.25) is 17.1 Å². The lowest BCUT2D eigenvalue weighted by molar-refractivity contribution is -0.0948. The van der Waals surface area contributed by atoms with Crippen molar-refractivity contribution in [1.82, 2.24) is 58.1 Å². The minimum Gasteiger partial charge on any atom is -0.437 e. The molecule has 0 aromatic carbocycles. The topological polar surface area (TPSA) is 404 Å². The average Bonchev–Trinajstić information content (AvgIpc) is 1.61. The van der Waals surface area contributed by atoms with Gasteiger partial charge in [0.05, 0.1) is 67.7 Å². The highest BCUT2D eigenvalue weighted by Crippen LogP contribution is 2.48. The van der Waals surface area contributed by atoms with Crippen molar-refractivity contribution in [2.45, 2.75) is 151 Å². The van der Waals surface area contributed by atoms with Gasteiger partial charge in [0.15, 0.2) is 30.7 Å². The van der Waals surface area contributed by atoms with Gasteiger partial charge < -0.3 is 96.7 Å². The molecule has 0 bridgehead atoms. The van der Waals surface area contributed by atoms with Crippen LogP contribution in [0.1, 0.15) is 52.6 Å². The van der Waals surface area contributed by atoms with E-state index in [2.05, 4.69) is 70.3 Å². The Morgan fingerprint density at radius 3 is 1.20 bits per heavy atom. The summed E-state index contributed by atoms with van der Waals surface area (Å²) in [5.74, 6) is 0.0386. The Morgan fingerprint density at radius 1 is 0.531 bits per heavy atom. The molecular weight excluding hydrogens is 1390 g/mol. The third-order valence-corrected chi connectivity index (χ3v) is 17.9. The second kappa shape index (κ2) is 30.4. The molecule has 41 heteroatoms. The Hall–Kier alpha value is -6.32. The largest absolute Gasteiger partial charge is 0.437 e. The predicted molar refractivity (Wildman–Crippen MR) is 355 cm³/mol. The van der Waals surface area contributed by atoms with Crippen LogP contribution in [0.2, 0.25) is 42.8 Å². The fraction of sp³-hybridized carbons (Fsp3) is 0.509. The van der Waals surface area contributed by atoms with E-state index >= 15 is 0 Å². The number of fused-ring (bicyclic) bond motifs is 4. The SMILES string of the molecule is [2H]B(C)OC[C@H]1O[C@@H](n2cc(Br)c3c(Cl)ncnc32)[C@@](C)(O)[C@@H]1OB([2H])C.[2H]B(C)OC[C@H]1O[C@@H](n2cc([N+]#[C-])c3c(Cl)ncnc32)[C@@](C)(O)[C@@H]1OB([2H])C.[C-]#[N+]c1cn([C@@H]2O[C@H](CO)[C@@H](O)[C@]2(C)O)c2ncnc(Cl)c12.[C-]#[N+]c1cn([C@@H]2O[C@H](CO)[C@@H](O)[C@]2(C)O)c2ncnc(NO)c12. The molecule has 0 aliphatic carbocycles. The van der Waals surface area contributed by atoms with E-state index in [0.29, 0.717) is 37.6 Å². The lowest BCUT2D eigenvalue weighted by atomic mass is 9.93. The highest BCUT2D eigenvalue weighted by molar-refractivity contribution is 9.10. The molecule has 8 aromatic rings. The first kappa shape index (κ1) is 68.2. The number of nitrogens with one attached hydrogen (secondary N) is 1. The molecule has 4 aliphatic heterocycles. The third kappa shape index (κ3) is 13.7. The molecule has 12 rings (SSSR count). The molecule has 508 valence electrons. The van der Waals surface area contributed by atoms with Crippen LogP contribution in [0, 0.1) is 19.7 Å². The Morgan fingerprint density at radius 2 is 0.854 bits per heavy atom. The van der Waals surface area contributed by atoms with Crippen LogP contribution in [-0.4, -0.2) is 237 Å². The molecule has 96 heavy (non-hydrogen) atoms. The lowest BCUT2D eigenvalue weighted by Crippen LogP contribution is -2.46. The van der Waals surface area contributed by atoms with Crippen molar-refractivity contribution in [3.63, 3.8) is 0 Å². The van der Waals surface area contributed by atoms with Crippen molar-refractivity contribution < 1.29 is 83.6 Å². The van der Waals surface area contributed by atoms with E-state index in [1.807, 2.05) is 5.48 Å². The molecule has 10 N–H and O–H groups in total. The monoisotopic (exact) mass is 1450 g/mol. The van der Waals surface area contributed by atoms with E-state index in [0.717, 1.165) is 0 Å². The summed E-state index contributed by atoms with van der Waals surface area (Å²) in [5.41, 5.74) is -2.60. The molecular formula is C55H66B4BrCl3N16O17. The highest BCUT2D eigenvalue weighted by atomic mass is 79.9. The van der Waals surface area contributed by atoms with E-state index in [-0.39, 0.29) is 62.6 Å². The number of halogens is 4. The second-order valence-corrected chi connectivity index (χ2v) is 24.5. The molecule has 16 atom stereocenters. The molecule has 33 nitrogen and oxygen atoms in total. The van der Waals surface area contributed by atoms with Gasteiger partial charge in [0, 0.05) is 34.6 Å². The Kier molecular flexibility index (Phi) is 21.6. The zero-order valence-corrected chi connectivity index (χ0v) is 56.0. The van der Waals surface area contributed by atoms with Crippen LogP contribution >= 0.6 is 50.7 Å². The summed E-state index contributed by atoms with van der Waals surface area (Å²) < 4.78 is 82.3. The highest BCUT2D eigenvalue weighted by Gasteiger charge is 2.57. The van der Waals surface area contributed by atoms with Crippen LogP contribution in [0.4, 0.5) is 22.9 Å². The molecule has 0 unspecified atom stereocenters. The summed E-state index contributed by atoms with van der Waals surface area (Å²) in [4.78, 5) is 42.4. The number of aliphatic hydroxyl groups is 8. The zero-order valence-electron chi connectivity index (χ0n) is 56.2. The molecule has 8 aromatic heterocycles. The van der Waals surface area contributed by atoms with Crippen molar-refractivity contribution in [2.75, 3.05) is 31.9 Å². The number of hydrogen-bond donors (Lipinski definition) is 10. The van der Waals surface area contributed by atoms with Crippen LogP contribution < -0.4 is 5.48 Å². The number of nitrogens with zero attached hydrogens (tertiary/aromatic N) is 15. The fourth-order valence-electron chi connectivity index (χ4n) is 11.8. The maximum absolute atomic E-state index is 11.3. The number of ether oxygens (including phenoxy) is 4. The van der Waals surface area contributed by atoms with Crippen LogP contribution in [0.5, 0.6) is 0 Å². The van der Waals surface area contributed by atoms with Crippen molar-refractivity contribution in [1.29, 1.82) is 5.34 Å². The van der Waals surface area contributed by atoms with Gasteiger partial charge in [-0.2, -0.15) is 0 Å². The van der Waals surface area contributed by atoms with Crippen LogP contribution in [0.15, 0.2) is 54.6 Å². The summed E-state index contributed by atoms with van der Waals surface area (Å²) in [7, 11) is -3.31. The first-order chi connectivity index (χ1) is 47.1. The first-order valence-corrected chi connectivity index (χ1v) is 31.0. The van der Waals surface area contributed by atoms with Crippen LogP contribution in [0.3, 0.4) is 0 Å². The van der Waals surface area contributed by atoms with Gasteiger partial charge >= 0.3 is 0 Å². The molecule has 4 aliphatic rings. The van der Waals surface area contributed by atoms with Gasteiger partial charge in [-0.25, -0.2) is 54.4 Å². The number of hydrogen-bond acceptors (Lipinski definition) is 26. The molecule has 4 fully saturated rings. The number of rotatable bonds is 17. The van der Waals surface area contributed by atoms with Crippen molar-refractivity contribution in [3.05, 3.63) is 104 Å². The van der Waals surface area contributed by atoms with Crippen molar-refractivity contribution in [3.8, 4) is 0 Å². The minimum absolute atomic E-state index is 0.000673. The number of aliphatic hydroxyl groups excluding tert-OH is 4. The maximum Gasteiger partial charge on any atom is 0.272 e. The summed E-state index contributed by atoms with van der Waals surface area (Å²) in [6, 6.07) is 0. The Bertz CT molecular complexity index is 4380. The van der Waals surface area contributed by atoms with Gasteiger partial charge in [0.25, 0.3) is 29.8 Å². The molecule has 0 saturated carbocycles. The number of anilines is 1. The quantitative estimate of drug-likeness (QED) is 0.0269. The van der Waals surface area contributed by atoms with Crippen LogP contribution in [-0.2, 0) is 37.6 Å². The first-order valence-electron chi connectivity index (χ1n) is 31.4. The molecule has 0 amide bonds. The van der Waals surface area contributed by atoms with Crippen molar-refractivity contribution >= 4 is 148 Å². The van der Waals surface area contributed by atoms with E-state index in [9.17, 15) is 40.9 Å². The second-order valence-electron chi connectivity index (χ2n) is 22.6. The average molecular weight is 1460 g/mol. The van der Waals surface area contributed by atoms with Gasteiger partial charge in [0.1, 0.15) is 135 Å². The van der Waals surface area contributed by atoms with Gasteiger partial charge in [-0.15, -0.1) is 0 Å². The van der Waals surface area contributed by atoms with Crippen LogP contribution in [0.25, 0.3) is 58.7 Å². The lowest BCUT2D eigenvalue weighted by Gasteiger charge is -2.30. The molecule has 0 radical (unpaired) electrons. The smallest absolute Gasteiger partial charge is 0.272 e. The van der Waals surface area contributed by atoms with Gasteiger partial charge in [-0.3, -0.25) is 10.7 Å². The van der Waals surface area contributed by atoms with E-state index in [4.69, 9.17) is 103 Å². The van der Waals surface area contributed by atoms with Gasteiger partial charge in [-0.05, 0) is 43.6 Å². The fourth-order valence-corrected chi connectivity index (χ4v) is 13.2. The van der Waals surface area contributed by atoms with Gasteiger partial charge in [-0.1, -0.05) is 62.1 Å². The molecule has 0 spiro atoms. The zero-order chi connectivity index (χ0) is 73.4. The Balaban J connectivity index is 0.000000156. The number of aromatic nitrogens is 12. The maximum atomic E-state index is 11.3. The normalized spacial score (nSPS) is 30.4. The third-order valence-electron chi connectivity index (χ3n) is 16.4. The summed E-state index contributed by atoms with van der Waals surface area (Å²) in [6.45, 7) is 33.1. The van der Waals surface area contributed by atoms with E-state index in [1.54, 1.807) is 38.2 Å². The standard InChI is InChI=1S/C15H19B2ClN4O4.C14H19B2BrClN3O4.C13H13ClN4O4.C13H15N5O5/c1-15(23)11(26-17-3)9(6-24-16-2)25-14(15)22-5-8(19-4)10-12(18)20-7-21-13(10)22;1-14(22)10(25-16-3)8(5-23-15-2)24-13(14)21-4-7(17)9-11(18)19-6-20-12(9)21;1-13(21)9(20)7(4-19)22-12(13)18-3-6(15-2)8-10(14)16-5-17-11(8)18;1-13(21)9(20)7(4-19)23-12(13)18-3-6(14-2)8-10(17-22)15-5-16-11(8)18/h5,7,9,11,14,16-17,23H,6H2,1-3H3;4,6,8,10,13,15-16,22H,5H2,1-3H3;3,5,7,9,12,19-21H,4H2,1H3;3,5,7,9,12,19-22H,4H2,1H3,(H,15,16,17)/t9-,11-,14-,15+;8-,10-,13-,14+;2*7-,9-,12-,13+/m1111/s1/i16D,17D;15D,16D;;. The predicted octanol–water partition coefficient (Wildman–Crippen LogP) is 3.60. The van der Waals surface area contributed by atoms with E-state index < -0.39 is 139 Å². The van der Waals surface area contributed by atoms with E-state index in [1.165, 1.54) is 85.2 Å². The molecule has 12 heterocycles. The summed E-state index contributed by atoms with van der Waals surface area (Å²) >= 11 is 21.8.